The quantitative estimate of drug-likeness (QED) is 0.474. The van der Waals surface area contributed by atoms with Gasteiger partial charge >= 0.3 is 0 Å². The third kappa shape index (κ3) is 2.54. The van der Waals surface area contributed by atoms with E-state index in [1.807, 2.05) is 10.5 Å². The number of hydrogen-bond acceptors (Lipinski definition) is 6. The fourth-order valence-corrected chi connectivity index (χ4v) is 4.68. The number of aryl methyl sites for hydroxylation is 2. The first-order valence-corrected chi connectivity index (χ1v) is 10.0. The third-order valence-corrected chi connectivity index (χ3v) is 6.11. The summed E-state index contributed by atoms with van der Waals surface area (Å²) in [4.78, 5) is 0. The van der Waals surface area contributed by atoms with Crippen LogP contribution in [0.1, 0.15) is 28.3 Å². The van der Waals surface area contributed by atoms with Crippen LogP contribution in [0.2, 0.25) is 0 Å². The average molecular weight is 416 g/mol. The fourth-order valence-electron chi connectivity index (χ4n) is 4.68. The Morgan fingerprint density at radius 3 is 2.87 bits per heavy atom. The van der Waals surface area contributed by atoms with Crippen LogP contribution in [0.15, 0.2) is 30.7 Å². The lowest BCUT2D eigenvalue weighted by atomic mass is 9.93. The Kier molecular flexibility index (Phi) is 3.77. The van der Waals surface area contributed by atoms with Gasteiger partial charge in [0.2, 0.25) is 0 Å². The standard InChI is InChI=1S/C22H17FN6O2/c1-28-21(12(7-24)8-26-28)15-6-19-17(29-11-25-27-22(15)29)4-2-14-16(23)3-5-18-20(14)13(9-30-18)10-31-19/h3,5-6,8,11,13H,2,4,9-10H2,1H3/t13-/m1/s1. The zero-order chi connectivity index (χ0) is 21.1. The molecule has 0 bridgehead atoms. The van der Waals surface area contributed by atoms with Gasteiger partial charge in [-0.2, -0.15) is 10.4 Å². The molecule has 5 heterocycles. The Morgan fingerprint density at radius 1 is 1.19 bits per heavy atom. The summed E-state index contributed by atoms with van der Waals surface area (Å²) in [5.74, 6) is 1.13. The predicted molar refractivity (Wildman–Crippen MR) is 107 cm³/mol. The molecule has 3 aromatic heterocycles. The molecule has 0 radical (unpaired) electrons. The summed E-state index contributed by atoms with van der Waals surface area (Å²) in [6.45, 7) is 0.823. The molecular formula is C22H17FN6O2. The van der Waals surface area contributed by atoms with Crippen molar-refractivity contribution in [2.75, 3.05) is 13.2 Å². The molecule has 9 heteroatoms. The van der Waals surface area contributed by atoms with Crippen molar-refractivity contribution in [1.82, 2.24) is 24.4 Å². The van der Waals surface area contributed by atoms with Gasteiger partial charge in [-0.15, -0.1) is 10.2 Å². The van der Waals surface area contributed by atoms with Gasteiger partial charge < -0.3 is 9.47 Å². The number of hydrogen-bond donors (Lipinski definition) is 0. The van der Waals surface area contributed by atoms with Gasteiger partial charge in [-0.25, -0.2) is 4.39 Å². The number of halogens is 1. The zero-order valence-electron chi connectivity index (χ0n) is 16.7. The molecule has 2 aliphatic heterocycles. The maximum Gasteiger partial charge on any atom is 0.170 e. The van der Waals surface area contributed by atoms with Crippen LogP contribution in [0.25, 0.3) is 16.9 Å². The first-order chi connectivity index (χ1) is 15.2. The Balaban J connectivity index is 1.55. The second-order valence-electron chi connectivity index (χ2n) is 7.79. The molecule has 1 aromatic carbocycles. The largest absolute Gasteiger partial charge is 0.493 e. The van der Waals surface area contributed by atoms with Crippen molar-refractivity contribution in [3.8, 4) is 28.8 Å². The van der Waals surface area contributed by atoms with Gasteiger partial charge in [-0.05, 0) is 36.6 Å². The van der Waals surface area contributed by atoms with Gasteiger partial charge in [-0.3, -0.25) is 9.08 Å². The zero-order valence-corrected chi connectivity index (χ0v) is 16.7. The Labute approximate surface area is 176 Å². The summed E-state index contributed by atoms with van der Waals surface area (Å²) >= 11 is 0. The van der Waals surface area contributed by atoms with Crippen LogP contribution in [0, 0.1) is 17.1 Å². The van der Waals surface area contributed by atoms with Crippen LogP contribution in [-0.4, -0.2) is 37.6 Å². The molecular weight excluding hydrogens is 399 g/mol. The van der Waals surface area contributed by atoms with E-state index < -0.39 is 0 Å². The van der Waals surface area contributed by atoms with Crippen LogP contribution < -0.4 is 9.47 Å². The number of nitrogens with zero attached hydrogens (tertiary/aromatic N) is 6. The smallest absolute Gasteiger partial charge is 0.170 e. The molecule has 31 heavy (non-hydrogen) atoms. The fraction of sp³-hybridized carbons (Fsp3) is 0.273. The van der Waals surface area contributed by atoms with E-state index >= 15 is 0 Å². The molecule has 8 nitrogen and oxygen atoms in total. The lowest BCUT2D eigenvalue weighted by Gasteiger charge is -2.16. The molecule has 0 amide bonds. The van der Waals surface area contributed by atoms with Gasteiger partial charge in [0.1, 0.15) is 29.7 Å². The van der Waals surface area contributed by atoms with Gasteiger partial charge in [-0.1, -0.05) is 0 Å². The summed E-state index contributed by atoms with van der Waals surface area (Å²) in [5.41, 5.74) is 4.85. The van der Waals surface area contributed by atoms with E-state index in [1.165, 1.54) is 12.3 Å². The minimum absolute atomic E-state index is 0.0434. The van der Waals surface area contributed by atoms with E-state index in [0.29, 0.717) is 59.8 Å². The molecule has 0 spiro atoms. The van der Waals surface area contributed by atoms with Gasteiger partial charge in [0, 0.05) is 12.6 Å². The van der Waals surface area contributed by atoms with E-state index in [2.05, 4.69) is 21.4 Å². The van der Waals surface area contributed by atoms with Crippen molar-refractivity contribution >= 4 is 5.65 Å². The second kappa shape index (κ2) is 6.54. The maximum atomic E-state index is 14.7. The van der Waals surface area contributed by atoms with E-state index in [4.69, 9.17) is 9.47 Å². The van der Waals surface area contributed by atoms with Crippen molar-refractivity contribution in [3.63, 3.8) is 0 Å². The van der Waals surface area contributed by atoms with Gasteiger partial charge in [0.05, 0.1) is 47.8 Å². The highest BCUT2D eigenvalue weighted by atomic mass is 19.1. The van der Waals surface area contributed by atoms with Crippen LogP contribution >= 0.6 is 0 Å². The molecule has 0 N–H and O–H groups in total. The highest BCUT2D eigenvalue weighted by Crippen LogP contribution is 2.41. The normalized spacial score (nSPS) is 17.0. The number of rotatable bonds is 1. The molecule has 1 atom stereocenters. The Morgan fingerprint density at radius 2 is 2.03 bits per heavy atom. The summed E-state index contributed by atoms with van der Waals surface area (Å²) in [5, 5.41) is 22.2. The SMILES string of the molecule is Cn1ncc(C#N)c1-c1cc2c(n3cnnc13)CCc1c(F)ccc3c1[C@H](CO3)CO2. The highest BCUT2D eigenvalue weighted by Gasteiger charge is 2.32. The summed E-state index contributed by atoms with van der Waals surface area (Å²) in [7, 11) is 1.78. The van der Waals surface area contributed by atoms with Crippen LogP contribution in [-0.2, 0) is 19.9 Å². The number of ether oxygens (including phenoxy) is 2. The Hall–Kier alpha value is -3.93. The van der Waals surface area contributed by atoms with E-state index in [1.54, 1.807) is 24.1 Å². The topological polar surface area (TPSA) is 90.3 Å². The predicted octanol–water partition coefficient (Wildman–Crippen LogP) is 2.79. The first kappa shape index (κ1) is 17.9. The lowest BCUT2D eigenvalue weighted by molar-refractivity contribution is 0.246. The molecule has 154 valence electrons. The minimum Gasteiger partial charge on any atom is -0.493 e. The second-order valence-corrected chi connectivity index (χ2v) is 7.79. The first-order valence-electron chi connectivity index (χ1n) is 10.0. The van der Waals surface area contributed by atoms with Crippen molar-refractivity contribution in [2.45, 2.75) is 18.8 Å². The molecule has 0 aliphatic carbocycles. The molecule has 0 saturated carbocycles. The summed E-state index contributed by atoms with van der Waals surface area (Å²) in [6, 6.07) is 7.24. The maximum absolute atomic E-state index is 14.7. The average Bonchev–Trinajstić information content (AvgIpc) is 3.50. The molecule has 4 aromatic rings. The number of benzene rings is 1. The Bertz CT molecular complexity index is 1400. The third-order valence-electron chi connectivity index (χ3n) is 6.11. The molecule has 0 fully saturated rings. The van der Waals surface area contributed by atoms with Crippen molar-refractivity contribution < 1.29 is 13.9 Å². The monoisotopic (exact) mass is 416 g/mol. The summed E-state index contributed by atoms with van der Waals surface area (Å²) < 4.78 is 30.3. The number of pyridine rings is 1. The van der Waals surface area contributed by atoms with Crippen LogP contribution in [0.4, 0.5) is 4.39 Å². The molecule has 0 unspecified atom stereocenters. The molecule has 6 rings (SSSR count). The van der Waals surface area contributed by atoms with Crippen LogP contribution in [0.3, 0.4) is 0 Å². The van der Waals surface area contributed by atoms with Gasteiger partial charge in [0.15, 0.2) is 5.65 Å². The lowest BCUT2D eigenvalue weighted by Crippen LogP contribution is -2.13. The summed E-state index contributed by atoms with van der Waals surface area (Å²) in [6.07, 6.45) is 4.21. The van der Waals surface area contributed by atoms with E-state index in [9.17, 15) is 9.65 Å². The van der Waals surface area contributed by atoms with Crippen molar-refractivity contribution in [3.05, 3.63) is 58.9 Å². The number of aromatic nitrogens is 5. The van der Waals surface area contributed by atoms with E-state index in [0.717, 1.165) is 17.0 Å². The molecule has 0 saturated heterocycles. The van der Waals surface area contributed by atoms with Crippen molar-refractivity contribution in [2.24, 2.45) is 7.05 Å². The highest BCUT2D eigenvalue weighted by molar-refractivity contribution is 5.80. The number of fused-ring (bicyclic) bond motifs is 3. The minimum atomic E-state index is -0.220. The number of nitriles is 1. The van der Waals surface area contributed by atoms with Crippen LogP contribution in [0.5, 0.6) is 11.5 Å². The van der Waals surface area contributed by atoms with E-state index in [-0.39, 0.29) is 11.7 Å². The van der Waals surface area contributed by atoms with Crippen molar-refractivity contribution in [1.29, 1.82) is 5.26 Å². The van der Waals surface area contributed by atoms with Gasteiger partial charge in [0.25, 0.3) is 0 Å². The molecule has 2 aliphatic rings.